The van der Waals surface area contributed by atoms with Gasteiger partial charge in [0.15, 0.2) is 6.29 Å². The summed E-state index contributed by atoms with van der Waals surface area (Å²) in [5.41, 5.74) is 0.477. The molecule has 0 aromatic heterocycles. The van der Waals surface area contributed by atoms with Gasteiger partial charge < -0.3 is 14.2 Å². The average molecular weight is 391 g/mol. The van der Waals surface area contributed by atoms with E-state index in [1.54, 1.807) is 6.92 Å². The van der Waals surface area contributed by atoms with Crippen molar-refractivity contribution in [1.29, 1.82) is 0 Å². The first-order chi connectivity index (χ1) is 13.4. The van der Waals surface area contributed by atoms with Crippen molar-refractivity contribution in [3.8, 4) is 0 Å². The Morgan fingerprint density at radius 3 is 2.46 bits per heavy atom. The summed E-state index contributed by atoms with van der Waals surface area (Å²) in [6, 6.07) is 0. The van der Waals surface area contributed by atoms with Crippen LogP contribution in [-0.4, -0.2) is 30.9 Å². The summed E-state index contributed by atoms with van der Waals surface area (Å²) in [6.07, 6.45) is 5.81. The Hall–Kier alpha value is -1.36. The zero-order valence-electron chi connectivity index (χ0n) is 17.4. The second-order valence-corrected chi connectivity index (χ2v) is 9.50. The zero-order chi connectivity index (χ0) is 20.0. The van der Waals surface area contributed by atoms with Crippen LogP contribution in [-0.2, 0) is 23.8 Å². The van der Waals surface area contributed by atoms with Crippen LogP contribution in [0.1, 0.15) is 59.3 Å². The van der Waals surface area contributed by atoms with Crippen molar-refractivity contribution in [2.75, 3.05) is 6.61 Å². The fourth-order valence-corrected chi connectivity index (χ4v) is 6.86. The van der Waals surface area contributed by atoms with Gasteiger partial charge >= 0.3 is 11.9 Å². The second kappa shape index (κ2) is 7.81. The van der Waals surface area contributed by atoms with E-state index in [1.807, 2.05) is 6.92 Å². The number of fused-ring (bicyclic) bond motifs is 9. The molecular formula is C23H34O5. The Labute approximate surface area is 168 Å². The molecular weight excluding hydrogens is 356 g/mol. The summed E-state index contributed by atoms with van der Waals surface area (Å²) >= 11 is 0. The molecule has 5 heteroatoms. The maximum absolute atomic E-state index is 12.8. The largest absolute Gasteiger partial charge is 0.459 e. The van der Waals surface area contributed by atoms with Crippen LogP contribution in [0.25, 0.3) is 0 Å². The highest BCUT2D eigenvalue weighted by Gasteiger charge is 2.66. The Bertz CT molecular complexity index is 643. The van der Waals surface area contributed by atoms with Crippen molar-refractivity contribution >= 4 is 11.9 Å². The summed E-state index contributed by atoms with van der Waals surface area (Å²) in [5, 5.41) is 0. The van der Waals surface area contributed by atoms with Crippen LogP contribution in [0.2, 0.25) is 0 Å². The van der Waals surface area contributed by atoms with Gasteiger partial charge in [0.05, 0.1) is 12.5 Å². The summed E-state index contributed by atoms with van der Waals surface area (Å²) in [4.78, 5) is 24.7. The molecule has 28 heavy (non-hydrogen) atoms. The lowest BCUT2D eigenvalue weighted by molar-refractivity contribution is -0.183. The van der Waals surface area contributed by atoms with Gasteiger partial charge in [0.1, 0.15) is 6.10 Å². The topological polar surface area (TPSA) is 61.8 Å². The molecule has 4 rings (SSSR count). The van der Waals surface area contributed by atoms with E-state index >= 15 is 0 Å². The van der Waals surface area contributed by atoms with Gasteiger partial charge in [-0.1, -0.05) is 19.9 Å². The van der Waals surface area contributed by atoms with Gasteiger partial charge in [-0.3, -0.25) is 4.79 Å². The molecule has 0 N–H and O–H groups in total. The molecule has 0 aromatic carbocycles. The van der Waals surface area contributed by atoms with E-state index in [-0.39, 0.29) is 24.0 Å². The molecule has 4 aliphatic carbocycles. The Morgan fingerprint density at radius 2 is 1.75 bits per heavy atom. The van der Waals surface area contributed by atoms with Crippen LogP contribution in [0.4, 0.5) is 0 Å². The number of rotatable bonds is 8. The minimum atomic E-state index is -0.458. The van der Waals surface area contributed by atoms with Gasteiger partial charge in [0, 0.05) is 5.57 Å². The molecule has 0 amide bonds. The van der Waals surface area contributed by atoms with Crippen LogP contribution in [0, 0.1) is 41.4 Å². The SMILES string of the molecule is C=C(C)C(=O)OC1CC2CC1C1C3CC(C(=O)OC(C)OCCCC)C(C3)C21. The first kappa shape index (κ1) is 19.9. The van der Waals surface area contributed by atoms with E-state index < -0.39 is 6.29 Å². The molecule has 9 atom stereocenters. The summed E-state index contributed by atoms with van der Waals surface area (Å²) in [6.45, 7) is 9.99. The first-order valence-electron chi connectivity index (χ1n) is 11.1. The lowest BCUT2D eigenvalue weighted by Crippen LogP contribution is -2.41. The Morgan fingerprint density at radius 1 is 1.07 bits per heavy atom. The van der Waals surface area contributed by atoms with Gasteiger partial charge in [-0.25, -0.2) is 4.79 Å². The van der Waals surface area contributed by atoms with Gasteiger partial charge in [-0.2, -0.15) is 0 Å². The third-order valence-corrected chi connectivity index (χ3v) is 7.80. The fourth-order valence-electron chi connectivity index (χ4n) is 6.86. The molecule has 0 saturated heterocycles. The normalized spacial score (nSPS) is 41.0. The number of unbranched alkanes of at least 4 members (excludes halogenated alkanes) is 1. The average Bonchev–Trinajstić information content (AvgIpc) is 3.39. The van der Waals surface area contributed by atoms with Crippen LogP contribution in [0.3, 0.4) is 0 Å². The van der Waals surface area contributed by atoms with Gasteiger partial charge in [0.25, 0.3) is 0 Å². The van der Waals surface area contributed by atoms with Gasteiger partial charge in [0.2, 0.25) is 0 Å². The predicted octanol–water partition coefficient (Wildman–Crippen LogP) is 4.11. The number of carbonyl (C=O) groups excluding carboxylic acids is 2. The Kier molecular flexibility index (Phi) is 5.56. The molecule has 0 aromatic rings. The standard InChI is InChI=1S/C23H34O5/c1-5-6-7-26-13(4)27-23(25)17-9-14-8-16(17)20-15-10-18(21(14)20)19(11-15)28-22(24)12(2)3/h13-21H,2,5-11H2,1,3-4H3. The fraction of sp³-hybridized carbons (Fsp3) is 0.826. The summed E-state index contributed by atoms with van der Waals surface area (Å²) in [5.74, 6) is 3.01. The van der Waals surface area contributed by atoms with Crippen LogP contribution < -0.4 is 0 Å². The molecule has 4 aliphatic rings. The molecule has 4 saturated carbocycles. The van der Waals surface area contributed by atoms with E-state index in [4.69, 9.17) is 14.2 Å². The van der Waals surface area contributed by atoms with E-state index in [2.05, 4.69) is 13.5 Å². The lowest BCUT2D eigenvalue weighted by Gasteiger charge is -2.40. The molecule has 0 heterocycles. The molecule has 0 spiro atoms. The molecule has 9 unspecified atom stereocenters. The minimum Gasteiger partial charge on any atom is -0.459 e. The van der Waals surface area contributed by atoms with Gasteiger partial charge in [-0.05, 0) is 81.5 Å². The molecule has 5 nitrogen and oxygen atoms in total. The monoisotopic (exact) mass is 390 g/mol. The first-order valence-corrected chi connectivity index (χ1v) is 11.1. The molecule has 0 aliphatic heterocycles. The molecule has 156 valence electrons. The number of carbonyl (C=O) groups is 2. The van der Waals surface area contributed by atoms with Gasteiger partial charge in [-0.15, -0.1) is 0 Å². The van der Waals surface area contributed by atoms with E-state index in [1.165, 1.54) is 0 Å². The maximum Gasteiger partial charge on any atom is 0.333 e. The highest BCUT2D eigenvalue weighted by molar-refractivity contribution is 5.87. The van der Waals surface area contributed by atoms with Crippen LogP contribution in [0.5, 0.6) is 0 Å². The van der Waals surface area contributed by atoms with Crippen molar-refractivity contribution in [1.82, 2.24) is 0 Å². The van der Waals surface area contributed by atoms with Crippen molar-refractivity contribution < 1.29 is 23.8 Å². The van der Waals surface area contributed by atoms with Crippen molar-refractivity contribution in [2.24, 2.45) is 41.4 Å². The third-order valence-electron chi connectivity index (χ3n) is 7.80. The number of hydrogen-bond acceptors (Lipinski definition) is 5. The summed E-state index contributed by atoms with van der Waals surface area (Å²) < 4.78 is 17.0. The van der Waals surface area contributed by atoms with Crippen molar-refractivity contribution in [3.05, 3.63) is 12.2 Å². The minimum absolute atomic E-state index is 0.0271. The van der Waals surface area contributed by atoms with E-state index in [0.717, 1.165) is 38.5 Å². The van der Waals surface area contributed by atoms with Crippen molar-refractivity contribution in [3.63, 3.8) is 0 Å². The van der Waals surface area contributed by atoms with Crippen LogP contribution >= 0.6 is 0 Å². The summed E-state index contributed by atoms with van der Waals surface area (Å²) in [7, 11) is 0. The maximum atomic E-state index is 12.8. The quantitative estimate of drug-likeness (QED) is 0.205. The van der Waals surface area contributed by atoms with Crippen LogP contribution in [0.15, 0.2) is 12.2 Å². The highest BCUT2D eigenvalue weighted by Crippen LogP contribution is 2.69. The smallest absolute Gasteiger partial charge is 0.333 e. The lowest BCUT2D eigenvalue weighted by atomic mass is 9.67. The number of esters is 2. The third kappa shape index (κ3) is 3.40. The molecule has 0 radical (unpaired) electrons. The molecule has 4 fully saturated rings. The highest BCUT2D eigenvalue weighted by atomic mass is 16.7. The predicted molar refractivity (Wildman–Crippen MR) is 104 cm³/mol. The number of hydrogen-bond donors (Lipinski definition) is 0. The van der Waals surface area contributed by atoms with E-state index in [9.17, 15) is 9.59 Å². The zero-order valence-corrected chi connectivity index (χ0v) is 17.4. The second-order valence-electron chi connectivity index (χ2n) is 9.50. The Balaban J connectivity index is 1.34. The van der Waals surface area contributed by atoms with Crippen molar-refractivity contribution in [2.45, 2.75) is 71.7 Å². The number of ether oxygens (including phenoxy) is 3. The molecule has 4 bridgehead atoms. The van der Waals surface area contributed by atoms with E-state index in [0.29, 0.717) is 47.7 Å².